The minimum absolute atomic E-state index is 0.0440. The van der Waals surface area contributed by atoms with Crippen molar-refractivity contribution in [3.8, 4) is 0 Å². The second-order valence-electron chi connectivity index (χ2n) is 2.07. The molecule has 0 saturated carbocycles. The van der Waals surface area contributed by atoms with Gasteiger partial charge in [0, 0.05) is 0 Å². The second-order valence-corrected chi connectivity index (χ2v) is 2.07. The van der Waals surface area contributed by atoms with Crippen LogP contribution in [-0.2, 0) is 14.3 Å². The predicted octanol–water partition coefficient (Wildman–Crippen LogP) is 0.503. The highest BCUT2D eigenvalue weighted by Crippen LogP contribution is 2.23. The zero-order valence-corrected chi connectivity index (χ0v) is 6.03. The molecule has 2 unspecified atom stereocenters. The molecule has 1 rings (SSSR count). The van der Waals surface area contributed by atoms with Gasteiger partial charge in [-0.3, -0.25) is 0 Å². The number of carbonyl (C=O) groups is 1. The van der Waals surface area contributed by atoms with Crippen LogP contribution in [0.5, 0.6) is 0 Å². The van der Waals surface area contributed by atoms with Crippen LogP contribution >= 0.6 is 0 Å². The van der Waals surface area contributed by atoms with Crippen LogP contribution in [0.15, 0.2) is 12.2 Å². The Balaban J connectivity index is 2.31. The Morgan fingerprint density at radius 1 is 1.70 bits per heavy atom. The first-order valence-electron chi connectivity index (χ1n) is 3.15. The summed E-state index contributed by atoms with van der Waals surface area (Å²) in [4.78, 5) is 10.7. The molecule has 0 aliphatic carbocycles. The Labute approximate surface area is 59.6 Å². The van der Waals surface area contributed by atoms with Crippen LogP contribution in [0.2, 0.25) is 0 Å². The van der Waals surface area contributed by atoms with Gasteiger partial charge in [0.1, 0.15) is 6.10 Å². The fourth-order valence-corrected chi connectivity index (χ4v) is 0.766. The molecule has 1 aliphatic rings. The van der Waals surface area contributed by atoms with Gasteiger partial charge < -0.3 is 9.47 Å². The lowest BCUT2D eigenvalue weighted by atomic mass is 10.3. The zero-order chi connectivity index (χ0) is 7.56. The molecule has 3 nitrogen and oxygen atoms in total. The van der Waals surface area contributed by atoms with Gasteiger partial charge in [-0.2, -0.15) is 0 Å². The number of rotatable bonds is 2. The lowest BCUT2D eigenvalue weighted by Crippen LogP contribution is -2.10. The summed E-state index contributed by atoms with van der Waals surface area (Å²) in [6.45, 7) is 1.88. The SMILES string of the molecule is CC=CC1OC1C(=O)OC. The van der Waals surface area contributed by atoms with Crippen LogP contribution in [0.1, 0.15) is 6.92 Å². The Hall–Kier alpha value is -0.830. The van der Waals surface area contributed by atoms with Gasteiger partial charge >= 0.3 is 5.97 Å². The Morgan fingerprint density at radius 2 is 2.40 bits per heavy atom. The molecule has 10 heavy (non-hydrogen) atoms. The maximum absolute atomic E-state index is 10.7. The highest BCUT2D eigenvalue weighted by molar-refractivity contribution is 5.78. The minimum atomic E-state index is -0.346. The van der Waals surface area contributed by atoms with Gasteiger partial charge in [0.2, 0.25) is 0 Å². The van der Waals surface area contributed by atoms with Crippen molar-refractivity contribution in [3.63, 3.8) is 0 Å². The Morgan fingerprint density at radius 3 is 2.90 bits per heavy atom. The molecule has 0 aromatic heterocycles. The van der Waals surface area contributed by atoms with E-state index in [2.05, 4.69) is 4.74 Å². The van der Waals surface area contributed by atoms with Crippen molar-refractivity contribution in [1.82, 2.24) is 0 Å². The first-order valence-corrected chi connectivity index (χ1v) is 3.15. The first kappa shape index (κ1) is 7.28. The van der Waals surface area contributed by atoms with E-state index in [4.69, 9.17) is 4.74 Å². The summed E-state index contributed by atoms with van der Waals surface area (Å²) in [6.07, 6.45) is 3.30. The van der Waals surface area contributed by atoms with Gasteiger partial charge in [-0.05, 0) is 6.92 Å². The van der Waals surface area contributed by atoms with Crippen molar-refractivity contribution in [1.29, 1.82) is 0 Å². The van der Waals surface area contributed by atoms with Crippen LogP contribution in [0.4, 0.5) is 0 Å². The second kappa shape index (κ2) is 2.84. The average molecular weight is 142 g/mol. The molecule has 1 heterocycles. The lowest BCUT2D eigenvalue weighted by Gasteiger charge is -1.88. The molecule has 56 valence electrons. The number of esters is 1. The van der Waals surface area contributed by atoms with Crippen LogP contribution < -0.4 is 0 Å². The number of allylic oxidation sites excluding steroid dienone is 1. The third-order valence-corrected chi connectivity index (χ3v) is 1.34. The van der Waals surface area contributed by atoms with Crippen molar-refractivity contribution in [2.75, 3.05) is 7.11 Å². The molecule has 0 amide bonds. The maximum atomic E-state index is 10.7. The van der Waals surface area contributed by atoms with Crippen molar-refractivity contribution < 1.29 is 14.3 Å². The van der Waals surface area contributed by atoms with E-state index >= 15 is 0 Å². The van der Waals surface area contributed by atoms with Crippen molar-refractivity contribution >= 4 is 5.97 Å². The molecule has 3 heteroatoms. The van der Waals surface area contributed by atoms with E-state index in [1.807, 2.05) is 19.1 Å². The molecule has 0 N–H and O–H groups in total. The Bertz CT molecular complexity index is 162. The summed E-state index contributed by atoms with van der Waals surface area (Å²) in [6, 6.07) is 0. The van der Waals surface area contributed by atoms with E-state index in [-0.39, 0.29) is 18.2 Å². The number of hydrogen-bond acceptors (Lipinski definition) is 3. The molecule has 1 saturated heterocycles. The van der Waals surface area contributed by atoms with Gasteiger partial charge in [-0.25, -0.2) is 4.79 Å². The van der Waals surface area contributed by atoms with E-state index in [1.54, 1.807) is 0 Å². The molecular weight excluding hydrogens is 132 g/mol. The molecular formula is C7H10O3. The van der Waals surface area contributed by atoms with Gasteiger partial charge in [0.25, 0.3) is 0 Å². The van der Waals surface area contributed by atoms with Crippen LogP contribution in [0.25, 0.3) is 0 Å². The van der Waals surface area contributed by atoms with E-state index in [0.717, 1.165) is 0 Å². The maximum Gasteiger partial charge on any atom is 0.338 e. The number of methoxy groups -OCH3 is 1. The van der Waals surface area contributed by atoms with Gasteiger partial charge in [-0.1, -0.05) is 12.2 Å². The first-order chi connectivity index (χ1) is 4.79. The van der Waals surface area contributed by atoms with E-state index in [1.165, 1.54) is 7.11 Å². The number of carbonyl (C=O) groups excluding carboxylic acids is 1. The van der Waals surface area contributed by atoms with Crippen LogP contribution in [0.3, 0.4) is 0 Å². The highest BCUT2D eigenvalue weighted by Gasteiger charge is 2.43. The third kappa shape index (κ3) is 1.36. The molecule has 2 atom stereocenters. The molecule has 1 fully saturated rings. The van der Waals surface area contributed by atoms with Gasteiger partial charge in [-0.15, -0.1) is 0 Å². The van der Waals surface area contributed by atoms with E-state index in [0.29, 0.717) is 0 Å². The summed E-state index contributed by atoms with van der Waals surface area (Å²) in [5.74, 6) is -0.289. The van der Waals surface area contributed by atoms with E-state index < -0.39 is 0 Å². The molecule has 0 spiro atoms. The zero-order valence-electron chi connectivity index (χ0n) is 6.03. The number of hydrogen-bond donors (Lipinski definition) is 0. The number of epoxide rings is 1. The summed E-state index contributed by atoms with van der Waals surface area (Å²) in [5.41, 5.74) is 0. The fourth-order valence-electron chi connectivity index (χ4n) is 0.766. The predicted molar refractivity (Wildman–Crippen MR) is 35.5 cm³/mol. The molecule has 1 aliphatic heterocycles. The third-order valence-electron chi connectivity index (χ3n) is 1.34. The van der Waals surface area contributed by atoms with Crippen LogP contribution in [0, 0.1) is 0 Å². The van der Waals surface area contributed by atoms with Gasteiger partial charge in [0.05, 0.1) is 7.11 Å². The van der Waals surface area contributed by atoms with Crippen molar-refractivity contribution in [2.45, 2.75) is 19.1 Å². The van der Waals surface area contributed by atoms with Crippen molar-refractivity contribution in [3.05, 3.63) is 12.2 Å². The van der Waals surface area contributed by atoms with Crippen molar-refractivity contribution in [2.24, 2.45) is 0 Å². The molecule has 0 aromatic carbocycles. The minimum Gasteiger partial charge on any atom is -0.467 e. The molecule has 0 aromatic rings. The summed E-state index contributed by atoms with van der Waals surface area (Å²) < 4.78 is 9.40. The van der Waals surface area contributed by atoms with E-state index in [9.17, 15) is 4.79 Å². The molecule has 0 radical (unpaired) electrons. The summed E-state index contributed by atoms with van der Waals surface area (Å²) in [5, 5.41) is 0. The highest BCUT2D eigenvalue weighted by atomic mass is 16.6. The topological polar surface area (TPSA) is 38.8 Å². The molecule has 0 bridgehead atoms. The average Bonchev–Trinajstić information content (AvgIpc) is 2.67. The summed E-state index contributed by atoms with van der Waals surface area (Å²) in [7, 11) is 1.36. The Kier molecular flexibility index (Phi) is 2.06. The largest absolute Gasteiger partial charge is 0.467 e. The smallest absolute Gasteiger partial charge is 0.338 e. The summed E-state index contributed by atoms with van der Waals surface area (Å²) >= 11 is 0. The number of ether oxygens (including phenoxy) is 2. The lowest BCUT2D eigenvalue weighted by molar-refractivity contribution is -0.142. The van der Waals surface area contributed by atoms with Crippen LogP contribution in [-0.4, -0.2) is 25.3 Å². The normalized spacial score (nSPS) is 30.6. The monoisotopic (exact) mass is 142 g/mol. The quantitative estimate of drug-likeness (QED) is 0.320. The fraction of sp³-hybridized carbons (Fsp3) is 0.571. The van der Waals surface area contributed by atoms with Gasteiger partial charge in [0.15, 0.2) is 6.10 Å². The standard InChI is InChI=1S/C7H10O3/c1-3-4-5-6(10-5)7(8)9-2/h3-6H,1-2H3.